The zero-order chi connectivity index (χ0) is 24.7. The van der Waals surface area contributed by atoms with Gasteiger partial charge in [0.15, 0.2) is 0 Å². The van der Waals surface area contributed by atoms with Crippen molar-refractivity contribution in [2.24, 2.45) is 17.8 Å². The van der Waals surface area contributed by atoms with E-state index in [1.165, 1.54) is 0 Å². The van der Waals surface area contributed by atoms with Crippen LogP contribution in [0.15, 0.2) is 12.3 Å². The number of amides is 1. The number of likely N-dealkylation sites (N-methyl/N-ethyl adjacent to an activating group) is 1. The fraction of sp³-hybridized carbons (Fsp3) is 0.704. The highest BCUT2D eigenvalue weighted by Crippen LogP contribution is 2.27. The molecule has 3 rings (SSSR count). The molecule has 1 aromatic rings. The van der Waals surface area contributed by atoms with Crippen molar-refractivity contribution in [3.8, 4) is 17.7 Å². The molecule has 7 nitrogen and oxygen atoms in total. The van der Waals surface area contributed by atoms with Crippen molar-refractivity contribution in [2.75, 3.05) is 46.5 Å². The number of hydrogen-bond donors (Lipinski definition) is 1. The van der Waals surface area contributed by atoms with E-state index in [0.717, 1.165) is 45.6 Å². The predicted molar refractivity (Wildman–Crippen MR) is 133 cm³/mol. The van der Waals surface area contributed by atoms with Crippen molar-refractivity contribution < 1.29 is 19.4 Å². The Labute approximate surface area is 204 Å². The van der Waals surface area contributed by atoms with E-state index >= 15 is 0 Å². The molecule has 3 heterocycles. The molecule has 1 saturated heterocycles. The Balaban J connectivity index is 1.84. The van der Waals surface area contributed by atoms with Crippen LogP contribution >= 0.6 is 0 Å². The average molecular weight is 472 g/mol. The molecule has 1 N–H and O–H groups in total. The van der Waals surface area contributed by atoms with Gasteiger partial charge in [-0.3, -0.25) is 4.79 Å². The Bertz CT molecular complexity index is 872. The van der Waals surface area contributed by atoms with Crippen molar-refractivity contribution >= 4 is 5.91 Å². The number of pyridine rings is 1. The molecule has 2 aliphatic rings. The first kappa shape index (κ1) is 26.5. The Morgan fingerprint density at radius 2 is 2.00 bits per heavy atom. The van der Waals surface area contributed by atoms with Crippen LogP contribution in [0.4, 0.5) is 0 Å². The Kier molecular flexibility index (Phi) is 9.75. The molecular weight excluding hydrogens is 430 g/mol. The van der Waals surface area contributed by atoms with Crippen LogP contribution in [0.2, 0.25) is 0 Å². The van der Waals surface area contributed by atoms with Crippen molar-refractivity contribution in [1.82, 2.24) is 14.8 Å². The standard InChI is InChI=1S/C27H41N3O4/c1-19(2)7-6-8-23-13-24-26(28-14-23)34-25(17-29(5)16-22-9-11-33-12-10-22)20(3)15-30(27(24)32)21(4)18-31/h13-14,19-22,25,31H,7,9-12,15-18H2,1-5H3/t20-,21+,25+/m1/s1. The average Bonchev–Trinajstić information content (AvgIpc) is 2.81. The summed E-state index contributed by atoms with van der Waals surface area (Å²) < 4.78 is 11.9. The van der Waals surface area contributed by atoms with Crippen LogP contribution in [0.25, 0.3) is 0 Å². The van der Waals surface area contributed by atoms with E-state index in [9.17, 15) is 9.90 Å². The second-order valence-electron chi connectivity index (χ2n) is 10.4. The van der Waals surface area contributed by atoms with Crippen molar-refractivity contribution in [3.05, 3.63) is 23.4 Å². The van der Waals surface area contributed by atoms with Gasteiger partial charge in [0.2, 0.25) is 5.88 Å². The molecule has 188 valence electrons. The number of aliphatic hydroxyl groups excluding tert-OH is 1. The van der Waals surface area contributed by atoms with Gasteiger partial charge in [-0.2, -0.15) is 0 Å². The van der Waals surface area contributed by atoms with Gasteiger partial charge in [-0.25, -0.2) is 4.98 Å². The molecule has 1 amide bonds. The van der Waals surface area contributed by atoms with E-state index in [-0.39, 0.29) is 30.6 Å². The summed E-state index contributed by atoms with van der Waals surface area (Å²) in [5.41, 5.74) is 1.12. The van der Waals surface area contributed by atoms with Crippen molar-refractivity contribution in [2.45, 2.75) is 59.1 Å². The smallest absolute Gasteiger partial charge is 0.259 e. The van der Waals surface area contributed by atoms with Gasteiger partial charge in [-0.15, -0.1) is 0 Å². The second-order valence-corrected chi connectivity index (χ2v) is 10.4. The first-order valence-electron chi connectivity index (χ1n) is 12.6. The Morgan fingerprint density at radius 3 is 2.68 bits per heavy atom. The lowest BCUT2D eigenvalue weighted by atomic mass is 9.97. The molecule has 1 aromatic heterocycles. The highest BCUT2D eigenvalue weighted by molar-refractivity contribution is 5.97. The lowest BCUT2D eigenvalue weighted by Gasteiger charge is -2.38. The van der Waals surface area contributed by atoms with E-state index in [1.807, 2.05) is 6.92 Å². The highest BCUT2D eigenvalue weighted by Gasteiger charge is 2.34. The molecule has 7 heteroatoms. The van der Waals surface area contributed by atoms with Crippen molar-refractivity contribution in [3.63, 3.8) is 0 Å². The molecule has 0 aliphatic carbocycles. The zero-order valence-corrected chi connectivity index (χ0v) is 21.4. The lowest BCUT2D eigenvalue weighted by molar-refractivity contribution is 0.0254. The van der Waals surface area contributed by atoms with Gasteiger partial charge in [0.25, 0.3) is 5.91 Å². The van der Waals surface area contributed by atoms with E-state index in [0.29, 0.717) is 35.4 Å². The van der Waals surface area contributed by atoms with E-state index in [2.05, 4.69) is 49.5 Å². The summed E-state index contributed by atoms with van der Waals surface area (Å²) in [6, 6.07) is 1.49. The third-order valence-electron chi connectivity index (χ3n) is 6.67. The van der Waals surface area contributed by atoms with Crippen LogP contribution in [-0.2, 0) is 4.74 Å². The van der Waals surface area contributed by atoms with Gasteiger partial charge in [0, 0.05) is 56.9 Å². The molecular formula is C27H41N3O4. The molecule has 34 heavy (non-hydrogen) atoms. The number of aliphatic hydroxyl groups is 1. The minimum atomic E-state index is -0.294. The van der Waals surface area contributed by atoms with Gasteiger partial charge in [-0.1, -0.05) is 32.6 Å². The third-order valence-corrected chi connectivity index (χ3v) is 6.67. The second kappa shape index (κ2) is 12.5. The summed E-state index contributed by atoms with van der Waals surface area (Å²) in [5.74, 6) is 7.67. The fourth-order valence-electron chi connectivity index (χ4n) is 4.50. The molecule has 0 radical (unpaired) electrons. The van der Waals surface area contributed by atoms with Crippen LogP contribution in [0.3, 0.4) is 0 Å². The highest BCUT2D eigenvalue weighted by atomic mass is 16.5. The maximum atomic E-state index is 13.5. The summed E-state index contributed by atoms with van der Waals surface area (Å²) in [4.78, 5) is 22.1. The zero-order valence-electron chi connectivity index (χ0n) is 21.4. The normalized spacial score (nSPS) is 22.5. The Morgan fingerprint density at radius 1 is 1.26 bits per heavy atom. The number of carbonyl (C=O) groups excluding carboxylic acids is 1. The molecule has 0 unspecified atom stereocenters. The number of hydrogen-bond acceptors (Lipinski definition) is 6. The molecule has 0 aromatic carbocycles. The van der Waals surface area contributed by atoms with Gasteiger partial charge < -0.3 is 24.4 Å². The number of rotatable bonds is 7. The number of fused-ring (bicyclic) bond motifs is 1. The summed E-state index contributed by atoms with van der Waals surface area (Å²) in [6.07, 6.45) is 4.53. The lowest BCUT2D eigenvalue weighted by Crippen LogP contribution is -2.50. The number of carbonyl (C=O) groups is 1. The largest absolute Gasteiger partial charge is 0.472 e. The molecule has 2 aliphatic heterocycles. The third kappa shape index (κ3) is 7.18. The van der Waals surface area contributed by atoms with Crippen LogP contribution in [0, 0.1) is 29.6 Å². The summed E-state index contributed by atoms with van der Waals surface area (Å²) in [7, 11) is 2.13. The van der Waals surface area contributed by atoms with Crippen LogP contribution in [0.1, 0.15) is 62.9 Å². The maximum Gasteiger partial charge on any atom is 0.259 e. The van der Waals surface area contributed by atoms with Gasteiger partial charge in [0.05, 0.1) is 12.6 Å². The van der Waals surface area contributed by atoms with Crippen LogP contribution in [-0.4, -0.2) is 84.4 Å². The number of ether oxygens (including phenoxy) is 2. The molecule has 0 bridgehead atoms. The van der Waals surface area contributed by atoms with Gasteiger partial charge in [-0.05, 0) is 44.7 Å². The van der Waals surface area contributed by atoms with Gasteiger partial charge >= 0.3 is 0 Å². The maximum absolute atomic E-state index is 13.5. The Hall–Kier alpha value is -2.14. The van der Waals surface area contributed by atoms with E-state index < -0.39 is 0 Å². The number of aromatic nitrogens is 1. The first-order chi connectivity index (χ1) is 16.3. The van der Waals surface area contributed by atoms with E-state index in [1.54, 1.807) is 17.2 Å². The van der Waals surface area contributed by atoms with Crippen LogP contribution in [0.5, 0.6) is 5.88 Å². The number of nitrogens with zero attached hydrogens (tertiary/aromatic N) is 3. The van der Waals surface area contributed by atoms with Gasteiger partial charge in [0.1, 0.15) is 11.7 Å². The molecule has 0 spiro atoms. The fourth-order valence-corrected chi connectivity index (χ4v) is 4.50. The predicted octanol–water partition coefficient (Wildman–Crippen LogP) is 3.06. The molecule has 0 saturated carbocycles. The topological polar surface area (TPSA) is 75.1 Å². The summed E-state index contributed by atoms with van der Waals surface area (Å²) in [6.45, 7) is 12.1. The summed E-state index contributed by atoms with van der Waals surface area (Å²) in [5, 5.41) is 9.84. The monoisotopic (exact) mass is 471 g/mol. The molecule has 3 atom stereocenters. The molecule has 1 fully saturated rings. The quantitative estimate of drug-likeness (QED) is 0.616. The minimum absolute atomic E-state index is 0.0792. The van der Waals surface area contributed by atoms with Crippen molar-refractivity contribution in [1.29, 1.82) is 0 Å². The SMILES string of the molecule is CC(C)CC#Cc1cnc2c(c1)C(=O)N([C@@H](C)CO)C[C@@H](C)[C@H](CN(C)CC1CCOCC1)O2. The van der Waals surface area contributed by atoms with E-state index in [4.69, 9.17) is 9.47 Å². The minimum Gasteiger partial charge on any atom is -0.472 e. The summed E-state index contributed by atoms with van der Waals surface area (Å²) >= 11 is 0. The first-order valence-corrected chi connectivity index (χ1v) is 12.6. The van der Waals surface area contributed by atoms with Crippen LogP contribution < -0.4 is 4.74 Å².